The Kier molecular flexibility index (Phi) is 7.77. The Morgan fingerprint density at radius 1 is 1.07 bits per heavy atom. The Labute approximate surface area is 244 Å². The molecule has 0 bridgehead atoms. The van der Waals surface area contributed by atoms with Crippen molar-refractivity contribution in [3.8, 4) is 11.8 Å². The maximum absolute atomic E-state index is 15.1. The van der Waals surface area contributed by atoms with E-state index in [-0.39, 0.29) is 22.8 Å². The average molecular weight is 590 g/mol. The zero-order valence-electron chi connectivity index (χ0n) is 22.8. The van der Waals surface area contributed by atoms with E-state index < -0.39 is 34.8 Å². The molecule has 220 valence electrons. The first-order chi connectivity index (χ1) is 20.4. The third-order valence-corrected chi connectivity index (χ3v) is 7.54. The van der Waals surface area contributed by atoms with Gasteiger partial charge in [0.25, 0.3) is 5.91 Å². The number of rotatable bonds is 9. The Bertz CT molecular complexity index is 1740. The molecule has 0 saturated heterocycles. The number of aromatic nitrogens is 2. The number of hydrogen-bond acceptors (Lipinski definition) is 5. The molecule has 8 nitrogen and oxygen atoms in total. The van der Waals surface area contributed by atoms with Crippen molar-refractivity contribution < 1.29 is 22.4 Å². The van der Waals surface area contributed by atoms with E-state index in [2.05, 4.69) is 16.5 Å². The molecule has 1 aliphatic carbocycles. The first kappa shape index (κ1) is 29.5. The van der Waals surface area contributed by atoms with Crippen LogP contribution >= 0.6 is 0 Å². The number of nitrogens with zero attached hydrogens (tertiary/aromatic N) is 3. The van der Waals surface area contributed by atoms with E-state index in [9.17, 15) is 23.2 Å². The summed E-state index contributed by atoms with van der Waals surface area (Å²) in [6, 6.07) is 19.1. The smallest absolute Gasteiger partial charge is 0.384 e. The SMILES string of the molecule is N#Cc1ccc(C(N)(CCC2CC2)c2ccc(F)c(NC(=O)c3cc(C(F)(F)F)nn3-c3cccc(C(=N)N)c3)c2)cc1. The molecule has 43 heavy (non-hydrogen) atoms. The average Bonchev–Trinajstić information content (AvgIpc) is 3.70. The summed E-state index contributed by atoms with van der Waals surface area (Å²) >= 11 is 0. The number of amidine groups is 1. The van der Waals surface area contributed by atoms with Crippen molar-refractivity contribution in [2.24, 2.45) is 17.4 Å². The molecule has 1 atom stereocenters. The first-order valence-electron chi connectivity index (χ1n) is 13.4. The molecular formula is C31H27F4N7O. The van der Waals surface area contributed by atoms with Crippen molar-refractivity contribution in [1.29, 1.82) is 10.7 Å². The lowest BCUT2D eigenvalue weighted by molar-refractivity contribution is -0.141. The van der Waals surface area contributed by atoms with Crippen LogP contribution < -0.4 is 16.8 Å². The van der Waals surface area contributed by atoms with Crippen LogP contribution in [-0.4, -0.2) is 21.5 Å². The third kappa shape index (κ3) is 6.27. The molecule has 6 N–H and O–H groups in total. The lowest BCUT2D eigenvalue weighted by Crippen LogP contribution is -2.38. The highest BCUT2D eigenvalue weighted by atomic mass is 19.4. The Morgan fingerprint density at radius 3 is 2.40 bits per heavy atom. The number of alkyl halides is 3. The number of anilines is 1. The van der Waals surface area contributed by atoms with E-state index in [0.29, 0.717) is 35.1 Å². The number of carbonyl (C=O) groups is 1. The lowest BCUT2D eigenvalue weighted by atomic mass is 9.79. The molecule has 1 aromatic heterocycles. The van der Waals surface area contributed by atoms with Crippen LogP contribution in [0.25, 0.3) is 5.69 Å². The summed E-state index contributed by atoms with van der Waals surface area (Å²) in [4.78, 5) is 13.4. The maximum atomic E-state index is 15.1. The fourth-order valence-corrected chi connectivity index (χ4v) is 4.90. The second-order valence-corrected chi connectivity index (χ2v) is 10.6. The van der Waals surface area contributed by atoms with Crippen molar-refractivity contribution in [3.05, 3.63) is 112 Å². The first-order valence-corrected chi connectivity index (χ1v) is 13.4. The van der Waals surface area contributed by atoms with E-state index in [1.54, 1.807) is 24.3 Å². The second kappa shape index (κ2) is 11.3. The van der Waals surface area contributed by atoms with Gasteiger partial charge in [0.05, 0.1) is 28.5 Å². The van der Waals surface area contributed by atoms with Gasteiger partial charge in [-0.3, -0.25) is 10.2 Å². The summed E-state index contributed by atoms with van der Waals surface area (Å²) in [5.74, 6) is -1.66. The largest absolute Gasteiger partial charge is 0.435 e. The van der Waals surface area contributed by atoms with E-state index in [0.717, 1.165) is 30.0 Å². The molecule has 0 aliphatic heterocycles. The number of nitrogens with two attached hydrogens (primary N) is 2. The highest BCUT2D eigenvalue weighted by molar-refractivity contribution is 6.04. The molecule has 1 unspecified atom stereocenters. The highest BCUT2D eigenvalue weighted by Crippen LogP contribution is 2.40. The molecule has 1 amide bonds. The fourth-order valence-electron chi connectivity index (χ4n) is 4.90. The number of amides is 1. The van der Waals surface area contributed by atoms with Gasteiger partial charge < -0.3 is 16.8 Å². The number of nitriles is 1. The minimum Gasteiger partial charge on any atom is -0.384 e. The van der Waals surface area contributed by atoms with Gasteiger partial charge in [-0.1, -0.05) is 43.2 Å². The molecule has 0 radical (unpaired) electrons. The molecule has 12 heteroatoms. The number of benzene rings is 3. The van der Waals surface area contributed by atoms with Crippen molar-refractivity contribution >= 4 is 17.4 Å². The van der Waals surface area contributed by atoms with Gasteiger partial charge in [-0.2, -0.15) is 23.5 Å². The van der Waals surface area contributed by atoms with Gasteiger partial charge >= 0.3 is 6.18 Å². The lowest BCUT2D eigenvalue weighted by Gasteiger charge is -2.31. The van der Waals surface area contributed by atoms with Crippen LogP contribution in [0.1, 0.15) is 64.1 Å². The van der Waals surface area contributed by atoms with Gasteiger partial charge in [-0.05, 0) is 66.3 Å². The number of halogens is 4. The predicted molar refractivity (Wildman–Crippen MR) is 152 cm³/mol. The van der Waals surface area contributed by atoms with Gasteiger partial charge in [0.1, 0.15) is 17.3 Å². The Morgan fingerprint density at radius 2 is 1.77 bits per heavy atom. The van der Waals surface area contributed by atoms with Gasteiger partial charge in [-0.25, -0.2) is 9.07 Å². The van der Waals surface area contributed by atoms with Gasteiger partial charge in [-0.15, -0.1) is 0 Å². The molecule has 1 saturated carbocycles. The van der Waals surface area contributed by atoms with Crippen LogP contribution in [0.5, 0.6) is 0 Å². The van der Waals surface area contributed by atoms with Crippen LogP contribution in [0.15, 0.2) is 72.8 Å². The van der Waals surface area contributed by atoms with Crippen molar-refractivity contribution in [1.82, 2.24) is 9.78 Å². The molecular weight excluding hydrogens is 562 g/mol. The summed E-state index contributed by atoms with van der Waals surface area (Å²) < 4.78 is 56.8. The van der Waals surface area contributed by atoms with Crippen LogP contribution in [0, 0.1) is 28.5 Å². The summed E-state index contributed by atoms with van der Waals surface area (Å²) in [6.07, 6.45) is -1.36. The predicted octanol–water partition coefficient (Wildman–Crippen LogP) is 5.83. The maximum Gasteiger partial charge on any atom is 0.435 e. The minimum atomic E-state index is -4.87. The van der Waals surface area contributed by atoms with Crippen molar-refractivity contribution in [3.63, 3.8) is 0 Å². The number of nitrogen functional groups attached to an aromatic ring is 1. The van der Waals surface area contributed by atoms with Gasteiger partial charge in [0.2, 0.25) is 0 Å². The zero-order valence-corrected chi connectivity index (χ0v) is 22.8. The van der Waals surface area contributed by atoms with E-state index in [1.165, 1.54) is 36.4 Å². The third-order valence-electron chi connectivity index (χ3n) is 7.54. The summed E-state index contributed by atoms with van der Waals surface area (Å²) in [5, 5.41) is 22.8. The minimum absolute atomic E-state index is 0.0458. The van der Waals surface area contributed by atoms with Gasteiger partial charge in [0.15, 0.2) is 5.69 Å². The molecule has 3 aromatic carbocycles. The normalized spacial score (nSPS) is 14.5. The molecule has 1 aliphatic rings. The van der Waals surface area contributed by atoms with Gasteiger partial charge in [0, 0.05) is 11.6 Å². The number of nitrogens with one attached hydrogen (secondary N) is 2. The summed E-state index contributed by atoms with van der Waals surface area (Å²) in [6.45, 7) is 0. The van der Waals surface area contributed by atoms with E-state index in [4.69, 9.17) is 16.9 Å². The molecule has 4 aromatic rings. The standard InChI is InChI=1S/C31H27F4N7O/c32-24-11-10-22(30(39,13-12-18-4-5-18)21-8-6-19(17-36)7-9-21)15-25(24)40-29(43)26-16-27(31(33,34)35)41-42(26)23-3-1-2-20(14-23)28(37)38/h1-3,6-11,14-16,18H,4-5,12-13,39H2,(H3,37,38)(H,40,43). The monoisotopic (exact) mass is 589 g/mol. The molecule has 1 fully saturated rings. The van der Waals surface area contributed by atoms with Crippen LogP contribution in [0.3, 0.4) is 0 Å². The second-order valence-electron chi connectivity index (χ2n) is 10.6. The Hall–Kier alpha value is -5.02. The van der Waals surface area contributed by atoms with Crippen LogP contribution in [0.2, 0.25) is 0 Å². The summed E-state index contributed by atoms with van der Waals surface area (Å²) in [7, 11) is 0. The highest BCUT2D eigenvalue weighted by Gasteiger charge is 2.37. The summed E-state index contributed by atoms with van der Waals surface area (Å²) in [5.41, 5.74) is 11.1. The van der Waals surface area contributed by atoms with Crippen LogP contribution in [-0.2, 0) is 11.7 Å². The quantitative estimate of drug-likeness (QED) is 0.110. The van der Waals surface area contributed by atoms with Crippen LogP contribution in [0.4, 0.5) is 23.2 Å². The molecule has 5 rings (SSSR count). The van der Waals surface area contributed by atoms with E-state index >= 15 is 4.39 Å². The number of hydrogen-bond donors (Lipinski definition) is 4. The number of carbonyl (C=O) groups excluding carboxylic acids is 1. The molecule has 0 spiro atoms. The van der Waals surface area contributed by atoms with Crippen molar-refractivity contribution in [2.75, 3.05) is 5.32 Å². The Balaban J connectivity index is 1.52. The molecule has 1 heterocycles. The fraction of sp³-hybridized carbons (Fsp3) is 0.226. The zero-order chi connectivity index (χ0) is 30.9. The van der Waals surface area contributed by atoms with Crippen molar-refractivity contribution in [2.45, 2.75) is 37.4 Å². The topological polar surface area (TPSA) is 147 Å². The van der Waals surface area contributed by atoms with E-state index in [1.807, 2.05) is 0 Å².